The van der Waals surface area contributed by atoms with Crippen LogP contribution in [0.2, 0.25) is 5.15 Å². The number of aromatic nitrogens is 5. The largest absolute Gasteiger partial charge is 0.494 e. The number of methoxy groups -OCH3 is 1. The lowest BCUT2D eigenvalue weighted by Crippen LogP contribution is -2.49. The number of thiazole rings is 1. The van der Waals surface area contributed by atoms with Gasteiger partial charge in [-0.1, -0.05) is 22.9 Å². The van der Waals surface area contributed by atoms with Crippen molar-refractivity contribution in [1.29, 1.82) is 0 Å². The Morgan fingerprint density at radius 3 is 2.92 bits per heavy atom. The fourth-order valence-electron chi connectivity index (χ4n) is 5.03. The average Bonchev–Trinajstić information content (AvgIpc) is 3.54. The van der Waals surface area contributed by atoms with Gasteiger partial charge in [-0.25, -0.2) is 15.0 Å². The van der Waals surface area contributed by atoms with Gasteiger partial charge in [0.1, 0.15) is 16.7 Å². The third kappa shape index (κ3) is 4.58. The number of fused-ring (bicyclic) bond motifs is 2. The van der Waals surface area contributed by atoms with Crippen molar-refractivity contribution in [1.82, 2.24) is 24.9 Å². The predicted molar refractivity (Wildman–Crippen MR) is 142 cm³/mol. The van der Waals surface area contributed by atoms with Crippen molar-refractivity contribution in [3.05, 3.63) is 47.1 Å². The van der Waals surface area contributed by atoms with Gasteiger partial charge in [-0.05, 0) is 38.3 Å². The Morgan fingerprint density at radius 1 is 1.16 bits per heavy atom. The molecule has 12 heteroatoms. The molecule has 2 fully saturated rings. The van der Waals surface area contributed by atoms with Crippen molar-refractivity contribution in [3.8, 4) is 16.9 Å². The second-order valence-corrected chi connectivity index (χ2v) is 10.4. The molecule has 6 rings (SSSR count). The van der Waals surface area contributed by atoms with Gasteiger partial charge in [0.15, 0.2) is 15.6 Å². The Balaban J connectivity index is 1.29. The molecule has 37 heavy (non-hydrogen) atoms. The monoisotopic (exact) mass is 537 g/mol. The van der Waals surface area contributed by atoms with Gasteiger partial charge in [-0.2, -0.15) is 4.98 Å². The minimum absolute atomic E-state index is 0.258. The number of nitrogens with zero attached hydrogens (tertiary/aromatic N) is 6. The SMILES string of the molecule is COc1cnc(Cl)cc1-c1cc(C)ncc1C(=O)Nc1nc2ncc(N3CCO[C@H]4CCC[C@H]43)nc2s1. The highest BCUT2D eigenvalue weighted by molar-refractivity contribution is 7.21. The third-order valence-corrected chi connectivity index (χ3v) is 7.80. The van der Waals surface area contributed by atoms with E-state index in [-0.39, 0.29) is 12.0 Å². The highest BCUT2D eigenvalue weighted by Gasteiger charge is 2.37. The predicted octanol–water partition coefficient (Wildman–Crippen LogP) is 4.52. The number of morpholine rings is 1. The van der Waals surface area contributed by atoms with Crippen LogP contribution in [0.5, 0.6) is 5.75 Å². The molecule has 1 aliphatic heterocycles. The van der Waals surface area contributed by atoms with Gasteiger partial charge in [-0.15, -0.1) is 0 Å². The quantitative estimate of drug-likeness (QED) is 0.367. The van der Waals surface area contributed by atoms with Crippen LogP contribution >= 0.6 is 22.9 Å². The highest BCUT2D eigenvalue weighted by Crippen LogP contribution is 2.36. The lowest BCUT2D eigenvalue weighted by molar-refractivity contribution is 0.0253. The summed E-state index contributed by atoms with van der Waals surface area (Å²) >= 11 is 7.44. The normalized spacial score (nSPS) is 19.2. The highest BCUT2D eigenvalue weighted by atomic mass is 35.5. The number of anilines is 2. The number of aryl methyl sites for hydroxylation is 1. The Morgan fingerprint density at radius 2 is 2.05 bits per heavy atom. The zero-order valence-electron chi connectivity index (χ0n) is 20.3. The first-order valence-electron chi connectivity index (χ1n) is 12.0. The molecule has 0 spiro atoms. The summed E-state index contributed by atoms with van der Waals surface area (Å²) in [5.41, 5.74) is 2.86. The number of nitrogens with one attached hydrogen (secondary N) is 1. The maximum absolute atomic E-state index is 13.4. The molecular weight excluding hydrogens is 514 g/mol. The Hall–Kier alpha value is -3.41. The van der Waals surface area contributed by atoms with Crippen molar-refractivity contribution in [3.63, 3.8) is 0 Å². The fraction of sp³-hybridized carbons (Fsp3) is 0.360. The van der Waals surface area contributed by atoms with Gasteiger partial charge in [-0.3, -0.25) is 15.1 Å². The standard InChI is InChI=1S/C25H24ClN7O3S/c1-13-8-14(15-9-20(26)28-11-19(15)35-2)16(10-27-13)23(34)32-25-31-22-24(37-25)30-21(12-29-22)33-6-7-36-18-5-3-4-17(18)33/h8-12,17-18H,3-7H2,1-2H3,(H,29,31,32,34)/t17-,18+/m1/s1. The van der Waals surface area contributed by atoms with Crippen LogP contribution < -0.4 is 15.0 Å². The van der Waals surface area contributed by atoms with Crippen molar-refractivity contribution in [2.75, 3.05) is 30.5 Å². The van der Waals surface area contributed by atoms with E-state index in [4.69, 9.17) is 26.1 Å². The molecule has 1 aliphatic carbocycles. The molecule has 0 radical (unpaired) electrons. The van der Waals surface area contributed by atoms with Crippen LogP contribution in [0.4, 0.5) is 10.9 Å². The summed E-state index contributed by atoms with van der Waals surface area (Å²) in [6, 6.07) is 3.81. The molecule has 0 aromatic carbocycles. The number of carbonyl (C=O) groups excluding carboxylic acids is 1. The molecule has 0 bridgehead atoms. The fourth-order valence-corrected chi connectivity index (χ4v) is 5.98. The molecule has 1 saturated carbocycles. The van der Waals surface area contributed by atoms with Gasteiger partial charge in [0.2, 0.25) is 0 Å². The first-order valence-corrected chi connectivity index (χ1v) is 13.2. The molecule has 1 amide bonds. The molecule has 2 atom stereocenters. The third-order valence-electron chi connectivity index (χ3n) is 6.74. The van der Waals surface area contributed by atoms with Crippen LogP contribution in [0.15, 0.2) is 30.7 Å². The van der Waals surface area contributed by atoms with Crippen molar-refractivity contribution < 1.29 is 14.3 Å². The Labute approximate surface area is 222 Å². The first-order chi connectivity index (χ1) is 18.0. The molecule has 0 unspecified atom stereocenters. The van der Waals surface area contributed by atoms with Crippen LogP contribution in [0, 0.1) is 6.92 Å². The van der Waals surface area contributed by atoms with Gasteiger partial charge in [0.05, 0.1) is 43.8 Å². The first kappa shape index (κ1) is 24.0. The number of hydrogen-bond donors (Lipinski definition) is 1. The van der Waals surface area contributed by atoms with E-state index >= 15 is 0 Å². The van der Waals surface area contributed by atoms with Crippen LogP contribution in [0.3, 0.4) is 0 Å². The summed E-state index contributed by atoms with van der Waals surface area (Å²) in [4.78, 5) is 38.6. The summed E-state index contributed by atoms with van der Waals surface area (Å²) in [7, 11) is 1.54. The van der Waals surface area contributed by atoms with Crippen molar-refractivity contribution in [2.24, 2.45) is 0 Å². The number of ether oxygens (including phenoxy) is 2. The molecule has 4 aromatic heterocycles. The summed E-state index contributed by atoms with van der Waals surface area (Å²) in [5, 5.41) is 3.59. The van der Waals surface area contributed by atoms with Gasteiger partial charge in [0.25, 0.3) is 5.91 Å². The second-order valence-electron chi connectivity index (χ2n) is 9.01. The van der Waals surface area contributed by atoms with Crippen molar-refractivity contribution >= 4 is 50.3 Å². The van der Waals surface area contributed by atoms with Gasteiger partial charge in [0, 0.05) is 29.6 Å². The molecule has 10 nitrogen and oxygen atoms in total. The number of halogens is 1. The smallest absolute Gasteiger partial charge is 0.259 e. The van der Waals surface area contributed by atoms with E-state index in [1.54, 1.807) is 19.4 Å². The zero-order chi connectivity index (χ0) is 25.5. The lowest BCUT2D eigenvalue weighted by atomic mass is 10.0. The number of carbonyl (C=O) groups is 1. The van der Waals surface area contributed by atoms with Crippen LogP contribution in [-0.2, 0) is 4.74 Å². The topological polar surface area (TPSA) is 115 Å². The molecule has 1 saturated heterocycles. The van der Waals surface area contributed by atoms with E-state index in [0.29, 0.717) is 55.9 Å². The van der Waals surface area contributed by atoms with E-state index in [0.717, 1.165) is 37.3 Å². The van der Waals surface area contributed by atoms with Crippen LogP contribution in [0.25, 0.3) is 21.6 Å². The lowest BCUT2D eigenvalue weighted by Gasteiger charge is -2.38. The Bertz CT molecular complexity index is 1500. The number of pyridine rings is 2. The minimum atomic E-state index is -0.362. The van der Waals surface area contributed by atoms with E-state index in [1.165, 1.54) is 23.7 Å². The molecule has 5 heterocycles. The second kappa shape index (κ2) is 9.81. The van der Waals surface area contributed by atoms with E-state index in [1.807, 2.05) is 13.0 Å². The van der Waals surface area contributed by atoms with Crippen LogP contribution in [-0.4, -0.2) is 63.2 Å². The zero-order valence-corrected chi connectivity index (χ0v) is 21.8. The summed E-state index contributed by atoms with van der Waals surface area (Å²) in [6.07, 6.45) is 8.41. The molecular formula is C25H24ClN7O3S. The maximum atomic E-state index is 13.4. The van der Waals surface area contributed by atoms with Gasteiger partial charge >= 0.3 is 0 Å². The van der Waals surface area contributed by atoms with E-state index in [9.17, 15) is 4.79 Å². The molecule has 4 aromatic rings. The number of hydrogen-bond acceptors (Lipinski definition) is 10. The number of rotatable bonds is 5. The Kier molecular flexibility index (Phi) is 6.35. The van der Waals surface area contributed by atoms with E-state index in [2.05, 4.69) is 30.2 Å². The summed E-state index contributed by atoms with van der Waals surface area (Å²) in [5.74, 6) is 0.956. The number of amides is 1. The summed E-state index contributed by atoms with van der Waals surface area (Å²) < 4.78 is 11.4. The van der Waals surface area contributed by atoms with Crippen molar-refractivity contribution in [2.45, 2.75) is 38.3 Å². The molecule has 2 aliphatic rings. The molecule has 190 valence electrons. The maximum Gasteiger partial charge on any atom is 0.259 e. The minimum Gasteiger partial charge on any atom is -0.494 e. The van der Waals surface area contributed by atoms with Crippen LogP contribution in [0.1, 0.15) is 35.3 Å². The molecule has 1 N–H and O–H groups in total. The summed E-state index contributed by atoms with van der Waals surface area (Å²) in [6.45, 7) is 3.33. The van der Waals surface area contributed by atoms with Gasteiger partial charge < -0.3 is 14.4 Å². The average molecular weight is 538 g/mol. The van der Waals surface area contributed by atoms with E-state index < -0.39 is 0 Å².